The second kappa shape index (κ2) is 10.6. The second-order valence-electron chi connectivity index (χ2n) is 7.13. The van der Waals surface area contributed by atoms with Crippen LogP contribution >= 0.6 is 27.7 Å². The average molecular weight is 524 g/mol. The van der Waals surface area contributed by atoms with E-state index in [2.05, 4.69) is 36.4 Å². The summed E-state index contributed by atoms with van der Waals surface area (Å²) in [4.78, 5) is 16.8. The van der Waals surface area contributed by atoms with Crippen molar-refractivity contribution in [3.05, 3.63) is 77.0 Å². The molecule has 4 rings (SSSR count). The monoisotopic (exact) mass is 523 g/mol. The average Bonchev–Trinajstić information content (AvgIpc) is 3.25. The Hall–Kier alpha value is -3.17. The van der Waals surface area contributed by atoms with E-state index < -0.39 is 0 Å². The number of carbonyl (C=O) groups is 1. The lowest BCUT2D eigenvalue weighted by Crippen LogP contribution is -2.15. The molecule has 1 N–H and O–H groups in total. The third-order valence-electron chi connectivity index (χ3n) is 4.69. The number of halogens is 1. The number of nitrogens with one attached hydrogen (secondary N) is 1. The van der Waals surface area contributed by atoms with Crippen molar-refractivity contribution in [1.82, 2.24) is 19.7 Å². The zero-order chi connectivity index (χ0) is 23.2. The van der Waals surface area contributed by atoms with Gasteiger partial charge in [-0.05, 0) is 83.9 Å². The minimum Gasteiger partial charge on any atom is -0.494 e. The van der Waals surface area contributed by atoms with Crippen LogP contribution in [0.2, 0.25) is 0 Å². The number of nitrogens with zero attached hydrogens (tertiary/aromatic N) is 4. The van der Waals surface area contributed by atoms with E-state index in [-0.39, 0.29) is 11.7 Å². The van der Waals surface area contributed by atoms with E-state index in [0.29, 0.717) is 17.6 Å². The first-order chi connectivity index (χ1) is 16.0. The molecule has 2 aromatic heterocycles. The Kier molecular flexibility index (Phi) is 7.41. The number of ether oxygens (including phenoxy) is 1. The topological polar surface area (TPSA) is 81.9 Å². The fourth-order valence-corrected chi connectivity index (χ4v) is 4.52. The molecule has 33 heavy (non-hydrogen) atoms. The molecule has 0 unspecified atom stereocenters. The third-order valence-corrected chi connectivity index (χ3v) is 6.28. The summed E-state index contributed by atoms with van der Waals surface area (Å²) in [5.41, 5.74) is 3.54. The summed E-state index contributed by atoms with van der Waals surface area (Å²) in [5.74, 6) is 1.49. The second-order valence-corrected chi connectivity index (χ2v) is 8.93. The van der Waals surface area contributed by atoms with Gasteiger partial charge >= 0.3 is 0 Å². The summed E-state index contributed by atoms with van der Waals surface area (Å²) in [6, 6.07) is 17.3. The molecular weight excluding hydrogens is 502 g/mol. The van der Waals surface area contributed by atoms with E-state index in [1.807, 2.05) is 73.0 Å². The standard InChI is InChI=1S/C24H22BrN5O2S/c1-3-32-19-9-7-18(8-10-19)30-23(17-5-4-12-26-14-17)28-29-24(30)33-15-22(31)27-21-11-6-16(2)13-20(21)25/h4-14H,3,15H2,1-2H3,(H,27,31). The fraction of sp³-hybridized carbons (Fsp3) is 0.167. The maximum Gasteiger partial charge on any atom is 0.234 e. The first kappa shape index (κ1) is 23.0. The zero-order valence-electron chi connectivity index (χ0n) is 18.2. The Morgan fingerprint density at radius 3 is 2.67 bits per heavy atom. The Balaban J connectivity index is 1.58. The van der Waals surface area contributed by atoms with Crippen molar-refractivity contribution in [2.24, 2.45) is 0 Å². The van der Waals surface area contributed by atoms with Crippen LogP contribution in [0.15, 0.2) is 76.6 Å². The number of rotatable bonds is 8. The molecule has 4 aromatic rings. The number of aromatic nitrogens is 4. The molecule has 0 aliphatic heterocycles. The predicted molar refractivity (Wildman–Crippen MR) is 134 cm³/mol. The molecule has 7 nitrogen and oxygen atoms in total. The van der Waals surface area contributed by atoms with Gasteiger partial charge in [-0.1, -0.05) is 17.8 Å². The summed E-state index contributed by atoms with van der Waals surface area (Å²) >= 11 is 4.81. The van der Waals surface area contributed by atoms with Gasteiger partial charge in [0.2, 0.25) is 5.91 Å². The van der Waals surface area contributed by atoms with Gasteiger partial charge in [-0.3, -0.25) is 14.3 Å². The zero-order valence-corrected chi connectivity index (χ0v) is 20.6. The van der Waals surface area contributed by atoms with Gasteiger partial charge in [0.15, 0.2) is 11.0 Å². The number of hydrogen-bond donors (Lipinski definition) is 1. The van der Waals surface area contributed by atoms with Crippen LogP contribution in [0.3, 0.4) is 0 Å². The molecule has 0 atom stereocenters. The van der Waals surface area contributed by atoms with E-state index >= 15 is 0 Å². The molecule has 168 valence electrons. The molecule has 2 aromatic carbocycles. The first-order valence-corrected chi connectivity index (χ1v) is 12.1. The highest BCUT2D eigenvalue weighted by atomic mass is 79.9. The smallest absolute Gasteiger partial charge is 0.234 e. The Morgan fingerprint density at radius 1 is 1.15 bits per heavy atom. The highest BCUT2D eigenvalue weighted by Crippen LogP contribution is 2.29. The van der Waals surface area contributed by atoms with Gasteiger partial charge in [0.25, 0.3) is 0 Å². The lowest BCUT2D eigenvalue weighted by atomic mass is 10.2. The van der Waals surface area contributed by atoms with Gasteiger partial charge in [0.1, 0.15) is 5.75 Å². The molecule has 0 saturated carbocycles. The summed E-state index contributed by atoms with van der Waals surface area (Å²) in [5, 5.41) is 12.3. The van der Waals surface area contributed by atoms with Crippen LogP contribution in [0, 0.1) is 6.92 Å². The van der Waals surface area contributed by atoms with E-state index in [4.69, 9.17) is 4.74 Å². The van der Waals surface area contributed by atoms with Crippen molar-refractivity contribution in [3.63, 3.8) is 0 Å². The van der Waals surface area contributed by atoms with Crippen molar-refractivity contribution in [1.29, 1.82) is 0 Å². The molecular formula is C24H22BrN5O2S. The fourth-order valence-electron chi connectivity index (χ4n) is 3.17. The predicted octanol–water partition coefficient (Wildman–Crippen LogP) is 5.53. The van der Waals surface area contributed by atoms with Crippen molar-refractivity contribution >= 4 is 39.3 Å². The van der Waals surface area contributed by atoms with Gasteiger partial charge in [0, 0.05) is 28.1 Å². The van der Waals surface area contributed by atoms with E-state index in [0.717, 1.165) is 32.7 Å². The van der Waals surface area contributed by atoms with Crippen molar-refractivity contribution in [2.45, 2.75) is 19.0 Å². The quantitative estimate of drug-likeness (QED) is 0.306. The van der Waals surface area contributed by atoms with Gasteiger partial charge in [0.05, 0.1) is 18.0 Å². The third kappa shape index (κ3) is 5.61. The number of hydrogen-bond acceptors (Lipinski definition) is 6. The largest absolute Gasteiger partial charge is 0.494 e. The summed E-state index contributed by atoms with van der Waals surface area (Å²) < 4.78 is 8.33. The Bertz CT molecular complexity index is 1250. The molecule has 0 fully saturated rings. The summed E-state index contributed by atoms with van der Waals surface area (Å²) in [6.45, 7) is 4.54. The Labute approximate surface area is 204 Å². The van der Waals surface area contributed by atoms with Crippen LogP contribution in [0.1, 0.15) is 12.5 Å². The number of benzene rings is 2. The molecule has 2 heterocycles. The maximum absolute atomic E-state index is 12.6. The molecule has 9 heteroatoms. The molecule has 0 radical (unpaired) electrons. The van der Waals surface area contributed by atoms with E-state index in [1.165, 1.54) is 11.8 Å². The van der Waals surface area contributed by atoms with Gasteiger partial charge in [-0.2, -0.15) is 0 Å². The van der Waals surface area contributed by atoms with Crippen molar-refractivity contribution in [2.75, 3.05) is 17.7 Å². The van der Waals surface area contributed by atoms with Crippen LogP contribution in [0.4, 0.5) is 5.69 Å². The highest BCUT2D eigenvalue weighted by molar-refractivity contribution is 9.10. The number of thioether (sulfide) groups is 1. The van der Waals surface area contributed by atoms with Crippen LogP contribution in [-0.2, 0) is 4.79 Å². The van der Waals surface area contributed by atoms with Crippen molar-refractivity contribution in [3.8, 4) is 22.8 Å². The minimum absolute atomic E-state index is 0.131. The van der Waals surface area contributed by atoms with Gasteiger partial charge in [-0.25, -0.2) is 0 Å². The number of pyridine rings is 1. The number of carbonyl (C=O) groups excluding carboxylic acids is 1. The number of aryl methyl sites for hydroxylation is 1. The molecule has 0 saturated heterocycles. The molecule has 0 bridgehead atoms. The van der Waals surface area contributed by atoms with E-state index in [1.54, 1.807) is 12.4 Å². The molecule has 0 aliphatic carbocycles. The van der Waals surface area contributed by atoms with Crippen molar-refractivity contribution < 1.29 is 9.53 Å². The lowest BCUT2D eigenvalue weighted by molar-refractivity contribution is -0.113. The number of anilines is 1. The normalized spacial score (nSPS) is 10.8. The van der Waals surface area contributed by atoms with Crippen LogP contribution in [0.25, 0.3) is 17.1 Å². The van der Waals surface area contributed by atoms with Gasteiger partial charge in [-0.15, -0.1) is 10.2 Å². The van der Waals surface area contributed by atoms with Crippen LogP contribution in [0.5, 0.6) is 5.75 Å². The first-order valence-electron chi connectivity index (χ1n) is 10.3. The van der Waals surface area contributed by atoms with E-state index in [9.17, 15) is 4.79 Å². The molecule has 1 amide bonds. The lowest BCUT2D eigenvalue weighted by Gasteiger charge is -2.12. The Morgan fingerprint density at radius 2 is 1.97 bits per heavy atom. The maximum atomic E-state index is 12.6. The highest BCUT2D eigenvalue weighted by Gasteiger charge is 2.18. The van der Waals surface area contributed by atoms with Crippen LogP contribution in [-0.4, -0.2) is 38.0 Å². The summed E-state index contributed by atoms with van der Waals surface area (Å²) in [7, 11) is 0. The van der Waals surface area contributed by atoms with Gasteiger partial charge < -0.3 is 10.1 Å². The SMILES string of the molecule is CCOc1ccc(-n2c(SCC(=O)Nc3ccc(C)cc3Br)nnc2-c2cccnc2)cc1. The molecule has 0 spiro atoms. The van der Waals surface area contributed by atoms with Crippen LogP contribution < -0.4 is 10.1 Å². The molecule has 0 aliphatic rings. The summed E-state index contributed by atoms with van der Waals surface area (Å²) in [6.07, 6.45) is 3.45. The number of amides is 1. The minimum atomic E-state index is -0.131.